The molecule has 3 rings (SSSR count). The Bertz CT molecular complexity index is 687. The lowest BCUT2D eigenvalue weighted by atomic mass is 10.1. The van der Waals surface area contributed by atoms with Gasteiger partial charge in [0.2, 0.25) is 5.91 Å². The SMILES string of the molecule is CC(C)c1cc(NC(=O)CC2CSCCN2)n(-c2ncccn2)n1.Cl. The summed E-state index contributed by atoms with van der Waals surface area (Å²) in [5.74, 6) is 3.36. The lowest BCUT2D eigenvalue weighted by molar-refractivity contribution is -0.116. The maximum Gasteiger partial charge on any atom is 0.252 e. The number of halogens is 1. The molecule has 0 radical (unpaired) electrons. The van der Waals surface area contributed by atoms with Crippen molar-refractivity contribution in [1.82, 2.24) is 25.1 Å². The number of rotatable bonds is 5. The van der Waals surface area contributed by atoms with Crippen molar-refractivity contribution >= 4 is 35.9 Å². The van der Waals surface area contributed by atoms with Crippen molar-refractivity contribution in [2.24, 2.45) is 0 Å². The van der Waals surface area contributed by atoms with Gasteiger partial charge >= 0.3 is 0 Å². The standard InChI is InChI=1S/C16H22N6OS.ClH/c1-11(2)13-9-14(22(21-13)16-18-4-3-5-19-16)20-15(23)8-12-10-24-7-6-17-12;/h3-5,9,11-12,17H,6-8,10H2,1-2H3,(H,20,23);1H. The molecular weight excluding hydrogens is 360 g/mol. The molecule has 0 spiro atoms. The molecule has 1 aliphatic rings. The maximum atomic E-state index is 12.4. The van der Waals surface area contributed by atoms with Crippen molar-refractivity contribution in [1.29, 1.82) is 0 Å². The number of nitrogens with zero attached hydrogens (tertiary/aromatic N) is 4. The number of hydrogen-bond donors (Lipinski definition) is 2. The van der Waals surface area contributed by atoms with Crippen LogP contribution in [0.1, 0.15) is 31.9 Å². The van der Waals surface area contributed by atoms with Crippen molar-refractivity contribution in [2.75, 3.05) is 23.4 Å². The molecule has 1 atom stereocenters. The van der Waals surface area contributed by atoms with Gasteiger partial charge in [0.05, 0.1) is 5.69 Å². The fourth-order valence-corrected chi connectivity index (χ4v) is 3.44. The minimum atomic E-state index is -0.0256. The number of anilines is 1. The average molecular weight is 383 g/mol. The van der Waals surface area contributed by atoms with E-state index in [1.807, 2.05) is 17.8 Å². The van der Waals surface area contributed by atoms with Crippen molar-refractivity contribution in [3.63, 3.8) is 0 Å². The summed E-state index contributed by atoms with van der Waals surface area (Å²) >= 11 is 1.88. The highest BCUT2D eigenvalue weighted by molar-refractivity contribution is 7.99. The lowest BCUT2D eigenvalue weighted by Gasteiger charge is -2.22. The van der Waals surface area contributed by atoms with Crippen LogP contribution in [-0.4, -0.2) is 49.7 Å². The number of carbonyl (C=O) groups excluding carboxylic acids is 1. The number of aromatic nitrogens is 4. The third kappa shape index (κ3) is 5.17. The Labute approximate surface area is 157 Å². The van der Waals surface area contributed by atoms with E-state index in [0.29, 0.717) is 18.2 Å². The third-order valence-corrected chi connectivity index (χ3v) is 4.89. The van der Waals surface area contributed by atoms with E-state index >= 15 is 0 Å². The molecule has 1 saturated heterocycles. The highest BCUT2D eigenvalue weighted by Gasteiger charge is 2.19. The molecule has 1 fully saturated rings. The van der Waals surface area contributed by atoms with Crippen LogP contribution in [0.25, 0.3) is 5.95 Å². The second kappa shape index (κ2) is 9.17. The van der Waals surface area contributed by atoms with E-state index in [2.05, 4.69) is 39.5 Å². The van der Waals surface area contributed by atoms with E-state index in [1.165, 1.54) is 0 Å². The fourth-order valence-electron chi connectivity index (χ4n) is 2.49. The molecular formula is C16H23ClN6OS. The van der Waals surface area contributed by atoms with Gasteiger partial charge in [0, 0.05) is 49.0 Å². The molecule has 2 aromatic heterocycles. The fraction of sp³-hybridized carbons (Fsp3) is 0.500. The van der Waals surface area contributed by atoms with E-state index in [9.17, 15) is 4.79 Å². The van der Waals surface area contributed by atoms with Gasteiger partial charge in [-0.25, -0.2) is 9.97 Å². The zero-order valence-electron chi connectivity index (χ0n) is 14.3. The van der Waals surface area contributed by atoms with Gasteiger partial charge in [-0.1, -0.05) is 13.8 Å². The molecule has 1 aliphatic heterocycles. The minimum absolute atomic E-state index is 0. The van der Waals surface area contributed by atoms with E-state index in [-0.39, 0.29) is 30.3 Å². The van der Waals surface area contributed by atoms with Crippen molar-refractivity contribution in [3.05, 3.63) is 30.2 Å². The molecule has 1 amide bonds. The van der Waals surface area contributed by atoms with Crippen LogP contribution in [0.3, 0.4) is 0 Å². The van der Waals surface area contributed by atoms with Crippen LogP contribution in [-0.2, 0) is 4.79 Å². The largest absolute Gasteiger partial charge is 0.312 e. The van der Waals surface area contributed by atoms with Gasteiger partial charge < -0.3 is 10.6 Å². The first-order valence-electron chi connectivity index (χ1n) is 8.12. The van der Waals surface area contributed by atoms with Crippen LogP contribution >= 0.6 is 24.2 Å². The van der Waals surface area contributed by atoms with Crippen molar-refractivity contribution in [3.8, 4) is 5.95 Å². The predicted molar refractivity (Wildman–Crippen MR) is 103 cm³/mol. The summed E-state index contributed by atoms with van der Waals surface area (Å²) in [4.78, 5) is 20.9. The Kier molecular flexibility index (Phi) is 7.22. The molecule has 3 heterocycles. The lowest BCUT2D eigenvalue weighted by Crippen LogP contribution is -2.40. The molecule has 1 unspecified atom stereocenters. The van der Waals surface area contributed by atoms with Gasteiger partial charge in [-0.2, -0.15) is 21.5 Å². The van der Waals surface area contributed by atoms with Gasteiger partial charge in [-0.15, -0.1) is 12.4 Å². The second-order valence-corrected chi connectivity index (χ2v) is 7.20. The first-order chi connectivity index (χ1) is 11.6. The monoisotopic (exact) mass is 382 g/mol. The van der Waals surface area contributed by atoms with Crippen LogP contribution in [0.15, 0.2) is 24.5 Å². The summed E-state index contributed by atoms with van der Waals surface area (Å²) in [6, 6.07) is 3.86. The molecule has 0 saturated carbocycles. The first-order valence-corrected chi connectivity index (χ1v) is 9.27. The molecule has 9 heteroatoms. The smallest absolute Gasteiger partial charge is 0.252 e. The molecule has 0 bridgehead atoms. The van der Waals surface area contributed by atoms with Gasteiger partial charge in [-0.3, -0.25) is 4.79 Å². The predicted octanol–water partition coefficient (Wildman–Crippen LogP) is 2.24. The van der Waals surface area contributed by atoms with E-state index in [0.717, 1.165) is 23.7 Å². The Balaban J connectivity index is 0.00000225. The number of hydrogen-bond acceptors (Lipinski definition) is 6. The summed E-state index contributed by atoms with van der Waals surface area (Å²) in [6.45, 7) is 5.08. The molecule has 25 heavy (non-hydrogen) atoms. The second-order valence-electron chi connectivity index (χ2n) is 6.05. The highest BCUT2D eigenvalue weighted by atomic mass is 35.5. The number of amides is 1. The average Bonchev–Trinajstić information content (AvgIpc) is 3.00. The normalized spacial score (nSPS) is 17.2. The molecule has 0 aromatic carbocycles. The quantitative estimate of drug-likeness (QED) is 0.824. The van der Waals surface area contributed by atoms with Crippen LogP contribution in [0.5, 0.6) is 0 Å². The summed E-state index contributed by atoms with van der Waals surface area (Å²) in [6.07, 6.45) is 3.77. The van der Waals surface area contributed by atoms with Crippen molar-refractivity contribution < 1.29 is 4.79 Å². The van der Waals surface area contributed by atoms with Gasteiger partial charge in [0.1, 0.15) is 5.82 Å². The topological polar surface area (TPSA) is 84.7 Å². The zero-order valence-corrected chi connectivity index (χ0v) is 15.9. The minimum Gasteiger partial charge on any atom is -0.312 e. The van der Waals surface area contributed by atoms with Crippen molar-refractivity contribution in [2.45, 2.75) is 32.2 Å². The number of carbonyl (C=O) groups is 1. The Morgan fingerprint density at radius 3 is 2.84 bits per heavy atom. The molecule has 0 aliphatic carbocycles. The summed E-state index contributed by atoms with van der Waals surface area (Å²) < 4.78 is 1.59. The molecule has 7 nitrogen and oxygen atoms in total. The molecule has 2 N–H and O–H groups in total. The van der Waals surface area contributed by atoms with Gasteiger partial charge in [0.15, 0.2) is 0 Å². The zero-order chi connectivity index (χ0) is 16.9. The van der Waals surface area contributed by atoms with E-state index in [4.69, 9.17) is 0 Å². The van der Waals surface area contributed by atoms with E-state index < -0.39 is 0 Å². The number of nitrogens with one attached hydrogen (secondary N) is 2. The van der Waals surface area contributed by atoms with E-state index in [1.54, 1.807) is 23.1 Å². The van der Waals surface area contributed by atoms with Gasteiger partial charge in [-0.05, 0) is 12.0 Å². The van der Waals surface area contributed by atoms with Crippen LogP contribution in [0, 0.1) is 0 Å². The van der Waals surface area contributed by atoms with Gasteiger partial charge in [0.25, 0.3) is 5.95 Å². The van der Waals surface area contributed by atoms with Crippen LogP contribution < -0.4 is 10.6 Å². The number of thioether (sulfide) groups is 1. The Hall–Kier alpha value is -1.64. The molecule has 136 valence electrons. The summed E-state index contributed by atoms with van der Waals surface area (Å²) in [5, 5.41) is 10.9. The first kappa shape index (κ1) is 19.7. The van der Waals surface area contributed by atoms with Crippen LogP contribution in [0.4, 0.5) is 5.82 Å². The highest BCUT2D eigenvalue weighted by Crippen LogP contribution is 2.21. The third-order valence-electron chi connectivity index (χ3n) is 3.76. The Morgan fingerprint density at radius 1 is 1.44 bits per heavy atom. The molecule has 2 aromatic rings. The maximum absolute atomic E-state index is 12.4. The van der Waals surface area contributed by atoms with Crippen LogP contribution in [0.2, 0.25) is 0 Å². The summed E-state index contributed by atoms with van der Waals surface area (Å²) in [7, 11) is 0. The Morgan fingerprint density at radius 2 is 2.20 bits per heavy atom. The summed E-state index contributed by atoms with van der Waals surface area (Å²) in [5.41, 5.74) is 0.893.